The van der Waals surface area contributed by atoms with Gasteiger partial charge in [-0.05, 0) is 57.8 Å². The highest BCUT2D eigenvalue weighted by atomic mass is 32.2. The Morgan fingerprint density at radius 1 is 0.860 bits per heavy atom. The third-order valence-corrected chi connectivity index (χ3v) is 9.29. The number of tetrazole rings is 1. The van der Waals surface area contributed by atoms with Crippen LogP contribution in [0.3, 0.4) is 0 Å². The first-order valence-electron chi connectivity index (χ1n) is 16.4. The molecule has 12 nitrogen and oxygen atoms in total. The first kappa shape index (κ1) is 34.8. The molecule has 0 bridgehead atoms. The Kier molecular flexibility index (Phi) is 11.8. The maximum atomic E-state index is 12.5. The van der Waals surface area contributed by atoms with Crippen LogP contribution in [0.1, 0.15) is 60.3 Å². The Labute approximate surface area is 294 Å². The van der Waals surface area contributed by atoms with Gasteiger partial charge >= 0.3 is 0 Å². The van der Waals surface area contributed by atoms with E-state index in [1.165, 1.54) is 11.8 Å². The van der Waals surface area contributed by atoms with Gasteiger partial charge in [0.1, 0.15) is 0 Å². The minimum absolute atomic E-state index is 0.0262. The minimum Gasteiger partial charge on any atom is -0.397 e. The van der Waals surface area contributed by atoms with Gasteiger partial charge in [0.25, 0.3) is 0 Å². The smallest absolute Gasteiger partial charge is 0.224 e. The third kappa shape index (κ3) is 9.33. The van der Waals surface area contributed by atoms with Gasteiger partial charge in [0.05, 0.1) is 35.9 Å². The summed E-state index contributed by atoms with van der Waals surface area (Å²) in [4.78, 5) is 24.7. The van der Waals surface area contributed by atoms with Crippen LogP contribution in [0.25, 0.3) is 5.69 Å². The average Bonchev–Trinajstić information content (AvgIpc) is 3.63. The lowest BCUT2D eigenvalue weighted by molar-refractivity contribution is -0.245. The number of benzene rings is 4. The van der Waals surface area contributed by atoms with Gasteiger partial charge in [0.2, 0.25) is 17.0 Å². The van der Waals surface area contributed by atoms with E-state index in [1.807, 2.05) is 78.9 Å². The first-order chi connectivity index (χ1) is 24.4. The number of para-hydroxylation sites is 3. The monoisotopic (exact) mass is 693 g/mol. The molecule has 0 radical (unpaired) electrons. The molecule has 3 unspecified atom stereocenters. The zero-order chi connectivity index (χ0) is 34.7. The summed E-state index contributed by atoms with van der Waals surface area (Å²) in [6.45, 7) is 0.328. The second-order valence-corrected chi connectivity index (χ2v) is 12.9. The molecule has 13 heteroatoms. The number of anilines is 2. The first-order valence-corrected chi connectivity index (χ1v) is 17.4. The predicted molar refractivity (Wildman–Crippen MR) is 190 cm³/mol. The number of aromatic nitrogens is 4. The summed E-state index contributed by atoms with van der Waals surface area (Å²) in [5, 5.41) is 28.2. The maximum Gasteiger partial charge on any atom is 0.224 e. The van der Waals surface area contributed by atoms with Crippen molar-refractivity contribution in [1.82, 2.24) is 25.5 Å². The van der Waals surface area contributed by atoms with Crippen LogP contribution in [0.2, 0.25) is 0 Å². The number of hydrogen-bond donors (Lipinski definition) is 4. The van der Waals surface area contributed by atoms with Crippen molar-refractivity contribution in [2.75, 3.05) is 16.8 Å². The quantitative estimate of drug-likeness (QED) is 0.0862. The number of amides is 2. The van der Waals surface area contributed by atoms with Crippen molar-refractivity contribution in [2.45, 2.75) is 62.5 Å². The summed E-state index contributed by atoms with van der Waals surface area (Å²) < 4.78 is 14.7. The Morgan fingerprint density at radius 2 is 1.56 bits per heavy atom. The molecule has 1 fully saturated rings. The van der Waals surface area contributed by atoms with E-state index in [0.717, 1.165) is 27.9 Å². The number of hydrogen-bond acceptors (Lipinski definition) is 10. The molecule has 1 aliphatic heterocycles. The number of carbonyl (C=O) groups excluding carboxylic acids is 2. The second kappa shape index (κ2) is 17.0. The lowest BCUT2D eigenvalue weighted by Gasteiger charge is -2.36. The SMILES string of the molecule is Nc1ccccc1NC(=O)CCCC(=O)NCc1ccc(C2OC(CSc3nnnn3-c3ccccc3)CC(c3ccc(CO)cc3)O2)cc1. The van der Waals surface area contributed by atoms with Crippen LogP contribution in [-0.2, 0) is 32.2 Å². The molecule has 6 rings (SSSR count). The maximum absolute atomic E-state index is 12.5. The molecule has 50 heavy (non-hydrogen) atoms. The second-order valence-electron chi connectivity index (χ2n) is 11.9. The van der Waals surface area contributed by atoms with E-state index in [4.69, 9.17) is 15.2 Å². The summed E-state index contributed by atoms with van der Waals surface area (Å²) in [5.74, 6) is 0.287. The fraction of sp³-hybridized carbons (Fsp3) is 0.270. The van der Waals surface area contributed by atoms with Gasteiger partial charge in [-0.2, -0.15) is 4.68 Å². The third-order valence-electron chi connectivity index (χ3n) is 8.24. The number of nitrogens with one attached hydrogen (secondary N) is 2. The highest BCUT2D eigenvalue weighted by Crippen LogP contribution is 2.39. The normalized spacial score (nSPS) is 17.3. The predicted octanol–water partition coefficient (Wildman–Crippen LogP) is 5.50. The fourth-order valence-electron chi connectivity index (χ4n) is 5.51. The molecule has 1 aliphatic rings. The fourth-order valence-corrected chi connectivity index (χ4v) is 6.41. The number of aliphatic hydroxyl groups is 1. The van der Waals surface area contributed by atoms with E-state index in [-0.39, 0.29) is 43.5 Å². The largest absolute Gasteiger partial charge is 0.397 e. The van der Waals surface area contributed by atoms with Crippen LogP contribution < -0.4 is 16.4 Å². The van der Waals surface area contributed by atoms with E-state index in [9.17, 15) is 14.7 Å². The van der Waals surface area contributed by atoms with E-state index < -0.39 is 6.29 Å². The molecule has 1 saturated heterocycles. The Hall–Kier alpha value is -5.08. The van der Waals surface area contributed by atoms with Crippen molar-refractivity contribution >= 4 is 35.0 Å². The van der Waals surface area contributed by atoms with Crippen molar-refractivity contribution in [2.24, 2.45) is 0 Å². The van der Waals surface area contributed by atoms with Crippen molar-refractivity contribution in [3.8, 4) is 5.69 Å². The van der Waals surface area contributed by atoms with E-state index in [0.29, 0.717) is 41.7 Å². The molecule has 4 aromatic carbocycles. The van der Waals surface area contributed by atoms with Gasteiger partial charge in [-0.3, -0.25) is 9.59 Å². The number of nitrogen functional groups attached to an aromatic ring is 1. The molecule has 0 saturated carbocycles. The number of nitrogens with two attached hydrogens (primary N) is 1. The molecule has 1 aromatic heterocycles. The van der Waals surface area contributed by atoms with Gasteiger partial charge in [-0.1, -0.05) is 90.6 Å². The number of aliphatic hydroxyl groups excluding tert-OH is 1. The van der Waals surface area contributed by atoms with Crippen LogP contribution in [0.15, 0.2) is 108 Å². The Bertz CT molecular complexity index is 1850. The number of rotatable bonds is 14. The van der Waals surface area contributed by atoms with Crippen molar-refractivity contribution in [3.63, 3.8) is 0 Å². The molecule has 3 atom stereocenters. The summed E-state index contributed by atoms with van der Waals surface area (Å²) in [6.07, 6.45) is 0.468. The zero-order valence-corrected chi connectivity index (χ0v) is 28.2. The Balaban J connectivity index is 1.04. The van der Waals surface area contributed by atoms with E-state index >= 15 is 0 Å². The van der Waals surface area contributed by atoms with Crippen LogP contribution in [-0.4, -0.2) is 49.0 Å². The van der Waals surface area contributed by atoms with Gasteiger partial charge in [0.15, 0.2) is 6.29 Å². The highest BCUT2D eigenvalue weighted by Gasteiger charge is 2.32. The number of nitrogens with zero attached hydrogens (tertiary/aromatic N) is 4. The van der Waals surface area contributed by atoms with Crippen molar-refractivity contribution in [3.05, 3.63) is 125 Å². The molecular formula is C37H39N7O5S. The molecule has 258 valence electrons. The molecule has 0 spiro atoms. The standard InChI is InChI=1S/C37H39N7O5S/c38-31-9-4-5-10-32(31)40-35(47)12-6-11-34(46)39-22-25-13-19-28(20-14-25)36-48-30(21-33(49-36)27-17-15-26(23-45)16-18-27)24-50-37-41-42-43-44(37)29-7-2-1-3-8-29/h1-5,7-10,13-20,30,33,36,45H,6,11-12,21-24,38H2,(H,39,46)(H,40,47). The summed E-state index contributed by atoms with van der Waals surface area (Å²) in [6, 6.07) is 32.3. The Morgan fingerprint density at radius 3 is 2.32 bits per heavy atom. The average molecular weight is 694 g/mol. The van der Waals surface area contributed by atoms with Crippen LogP contribution in [0.5, 0.6) is 0 Å². The molecule has 2 heterocycles. The van der Waals surface area contributed by atoms with Crippen molar-refractivity contribution < 1.29 is 24.2 Å². The van der Waals surface area contributed by atoms with Gasteiger partial charge in [0, 0.05) is 37.1 Å². The van der Waals surface area contributed by atoms with Gasteiger partial charge in [-0.25, -0.2) is 0 Å². The zero-order valence-electron chi connectivity index (χ0n) is 27.4. The highest BCUT2D eigenvalue weighted by molar-refractivity contribution is 7.99. The van der Waals surface area contributed by atoms with E-state index in [2.05, 4.69) is 26.2 Å². The number of thioether (sulfide) groups is 1. The summed E-state index contributed by atoms with van der Waals surface area (Å²) in [7, 11) is 0. The molecule has 2 amide bonds. The van der Waals surface area contributed by atoms with Crippen LogP contribution >= 0.6 is 11.8 Å². The van der Waals surface area contributed by atoms with Gasteiger partial charge < -0.3 is 30.9 Å². The lowest BCUT2D eigenvalue weighted by atomic mass is 10.0. The molecule has 5 aromatic rings. The van der Waals surface area contributed by atoms with Crippen LogP contribution in [0.4, 0.5) is 11.4 Å². The molecular weight excluding hydrogens is 655 g/mol. The van der Waals surface area contributed by atoms with E-state index in [1.54, 1.807) is 28.9 Å². The van der Waals surface area contributed by atoms with Crippen LogP contribution in [0, 0.1) is 0 Å². The topological polar surface area (TPSA) is 167 Å². The number of ether oxygens (including phenoxy) is 2. The summed E-state index contributed by atoms with van der Waals surface area (Å²) in [5.41, 5.74) is 11.4. The lowest BCUT2D eigenvalue weighted by Crippen LogP contribution is -2.31. The molecule has 0 aliphatic carbocycles. The number of carbonyl (C=O) groups is 2. The van der Waals surface area contributed by atoms with Gasteiger partial charge in [-0.15, -0.1) is 5.10 Å². The van der Waals surface area contributed by atoms with Crippen molar-refractivity contribution in [1.29, 1.82) is 0 Å². The molecule has 5 N–H and O–H groups in total. The summed E-state index contributed by atoms with van der Waals surface area (Å²) >= 11 is 1.52. The minimum atomic E-state index is -0.622.